The van der Waals surface area contributed by atoms with Gasteiger partial charge in [-0.3, -0.25) is 4.79 Å². The van der Waals surface area contributed by atoms with Crippen LogP contribution in [0.1, 0.15) is 12.8 Å². The molecular weight excluding hydrogens is 400 g/mol. The lowest BCUT2D eigenvalue weighted by Crippen LogP contribution is -2.50. The van der Waals surface area contributed by atoms with Gasteiger partial charge < -0.3 is 4.90 Å². The van der Waals surface area contributed by atoms with Crippen LogP contribution < -0.4 is 0 Å². The number of nitrogens with zero attached hydrogens (tertiary/aromatic N) is 2. The molecule has 1 saturated heterocycles. The van der Waals surface area contributed by atoms with Gasteiger partial charge in [-0.2, -0.15) is 4.31 Å². The Morgan fingerprint density at radius 2 is 1.90 bits per heavy atom. The van der Waals surface area contributed by atoms with Gasteiger partial charge >= 0.3 is 0 Å². The lowest BCUT2D eigenvalue weighted by Gasteiger charge is -2.33. The summed E-state index contributed by atoms with van der Waals surface area (Å²) in [5, 5.41) is 0.404. The molecule has 1 aliphatic carbocycles. The maximum absolute atomic E-state index is 12.5. The highest BCUT2D eigenvalue weighted by Crippen LogP contribution is 2.36. The van der Waals surface area contributed by atoms with E-state index in [1.807, 2.05) is 0 Å². The van der Waals surface area contributed by atoms with Crippen molar-refractivity contribution in [2.45, 2.75) is 17.1 Å². The summed E-state index contributed by atoms with van der Waals surface area (Å²) in [5.74, 6) is 0.356. The van der Waals surface area contributed by atoms with E-state index in [0.717, 1.165) is 24.2 Å². The van der Waals surface area contributed by atoms with Crippen molar-refractivity contribution in [3.63, 3.8) is 0 Å². The van der Waals surface area contributed by atoms with E-state index < -0.39 is 10.0 Å². The van der Waals surface area contributed by atoms with Crippen LogP contribution in [0.5, 0.6) is 0 Å². The van der Waals surface area contributed by atoms with Crippen LogP contribution in [0, 0.1) is 5.92 Å². The smallest absolute Gasteiger partial charge is 0.252 e. The van der Waals surface area contributed by atoms with Crippen molar-refractivity contribution < 1.29 is 13.2 Å². The standard InChI is InChI=1S/C12H14BrClN2O3S2/c13-11-9(14)7-10(20-11)21(18,19)16-5-3-15(4-6-16)12(17)8-1-2-8/h7-8H,1-6H2. The molecular formula is C12H14BrClN2O3S2. The molecule has 0 spiro atoms. The molecule has 1 aromatic heterocycles. The van der Waals surface area contributed by atoms with Crippen molar-refractivity contribution in [1.82, 2.24) is 9.21 Å². The fourth-order valence-corrected chi connectivity index (χ4v) is 6.29. The number of carbonyl (C=O) groups is 1. The molecule has 1 saturated carbocycles. The normalized spacial score (nSPS) is 20.8. The van der Waals surface area contributed by atoms with Gasteiger partial charge in [0.1, 0.15) is 4.21 Å². The average molecular weight is 414 g/mol. The summed E-state index contributed by atoms with van der Waals surface area (Å²) >= 11 is 10.3. The Balaban J connectivity index is 1.69. The van der Waals surface area contributed by atoms with Crippen LogP contribution in [0.4, 0.5) is 0 Å². The lowest BCUT2D eigenvalue weighted by molar-refractivity contribution is -0.133. The van der Waals surface area contributed by atoms with Crippen molar-refractivity contribution in [3.05, 3.63) is 14.9 Å². The van der Waals surface area contributed by atoms with E-state index >= 15 is 0 Å². The summed E-state index contributed by atoms with van der Waals surface area (Å²) in [5.41, 5.74) is 0. The molecule has 2 aliphatic rings. The second-order valence-electron chi connectivity index (χ2n) is 5.19. The fourth-order valence-electron chi connectivity index (χ4n) is 2.32. The summed E-state index contributed by atoms with van der Waals surface area (Å²) in [6.45, 7) is 1.62. The zero-order chi connectivity index (χ0) is 15.2. The number of carbonyl (C=O) groups excluding carboxylic acids is 1. The molecule has 1 aromatic rings. The van der Waals surface area contributed by atoms with Gasteiger partial charge in [0.05, 0.1) is 8.81 Å². The Morgan fingerprint density at radius 3 is 2.38 bits per heavy atom. The number of thiophene rings is 1. The molecule has 21 heavy (non-hydrogen) atoms. The third kappa shape index (κ3) is 3.14. The second kappa shape index (κ2) is 5.81. The number of halogens is 2. The Labute approximate surface area is 141 Å². The Kier molecular flexibility index (Phi) is 4.35. The van der Waals surface area contributed by atoms with Crippen LogP contribution >= 0.6 is 38.9 Å². The van der Waals surface area contributed by atoms with E-state index in [1.54, 1.807) is 4.90 Å². The Hall–Kier alpha value is -0.150. The number of rotatable bonds is 3. The molecule has 0 radical (unpaired) electrons. The van der Waals surface area contributed by atoms with Crippen LogP contribution in [0.2, 0.25) is 5.02 Å². The summed E-state index contributed by atoms with van der Waals surface area (Å²) in [7, 11) is -3.52. The average Bonchev–Trinajstić information content (AvgIpc) is 3.25. The summed E-state index contributed by atoms with van der Waals surface area (Å²) in [6.07, 6.45) is 1.94. The predicted molar refractivity (Wildman–Crippen MR) is 85.1 cm³/mol. The molecule has 1 amide bonds. The van der Waals surface area contributed by atoms with Crippen molar-refractivity contribution in [1.29, 1.82) is 0 Å². The van der Waals surface area contributed by atoms with Crippen molar-refractivity contribution in [3.8, 4) is 0 Å². The quantitative estimate of drug-likeness (QED) is 0.764. The third-order valence-corrected chi connectivity index (χ3v) is 8.52. The van der Waals surface area contributed by atoms with E-state index in [9.17, 15) is 13.2 Å². The Bertz CT molecular complexity index is 645. The maximum atomic E-state index is 12.5. The first-order chi connectivity index (χ1) is 9.89. The SMILES string of the molecule is O=C(C1CC1)N1CCN(S(=O)(=O)c2cc(Cl)c(Br)s2)CC1. The monoisotopic (exact) mass is 412 g/mol. The minimum Gasteiger partial charge on any atom is -0.340 e. The van der Waals surface area contributed by atoms with Crippen LogP contribution in [0.3, 0.4) is 0 Å². The van der Waals surface area contributed by atoms with Gasteiger partial charge in [0.25, 0.3) is 10.0 Å². The molecule has 0 N–H and O–H groups in total. The van der Waals surface area contributed by atoms with Gasteiger partial charge in [-0.25, -0.2) is 8.42 Å². The number of piperazine rings is 1. The molecule has 0 atom stereocenters. The summed E-state index contributed by atoms with van der Waals surface area (Å²) in [4.78, 5) is 13.7. The zero-order valence-electron chi connectivity index (χ0n) is 11.1. The van der Waals surface area contributed by atoms with Crippen LogP contribution in [-0.2, 0) is 14.8 Å². The minimum atomic E-state index is -3.52. The largest absolute Gasteiger partial charge is 0.340 e. The lowest BCUT2D eigenvalue weighted by atomic mass is 10.3. The molecule has 2 heterocycles. The number of hydrogen-bond acceptors (Lipinski definition) is 4. The highest BCUT2D eigenvalue weighted by Gasteiger charge is 2.37. The third-order valence-electron chi connectivity index (χ3n) is 3.69. The summed E-state index contributed by atoms with van der Waals surface area (Å²) in [6, 6.07) is 1.47. The van der Waals surface area contributed by atoms with E-state index in [4.69, 9.17) is 11.6 Å². The van der Waals surface area contributed by atoms with Crippen molar-refractivity contribution in [2.24, 2.45) is 5.92 Å². The van der Waals surface area contributed by atoms with Crippen LogP contribution in [0.15, 0.2) is 14.1 Å². The Morgan fingerprint density at radius 1 is 1.29 bits per heavy atom. The van der Waals surface area contributed by atoms with E-state index in [-0.39, 0.29) is 16.0 Å². The molecule has 0 unspecified atom stereocenters. The van der Waals surface area contributed by atoms with Crippen LogP contribution in [-0.4, -0.2) is 49.7 Å². The molecule has 2 fully saturated rings. The topological polar surface area (TPSA) is 57.7 Å². The highest BCUT2D eigenvalue weighted by molar-refractivity contribution is 9.11. The summed E-state index contributed by atoms with van der Waals surface area (Å²) < 4.78 is 27.3. The fraction of sp³-hybridized carbons (Fsp3) is 0.583. The van der Waals surface area contributed by atoms with Crippen molar-refractivity contribution in [2.75, 3.05) is 26.2 Å². The van der Waals surface area contributed by atoms with Gasteiger partial charge in [-0.15, -0.1) is 11.3 Å². The molecule has 5 nitrogen and oxygen atoms in total. The predicted octanol–water partition coefficient (Wildman–Crippen LogP) is 2.41. The van der Waals surface area contributed by atoms with Crippen molar-refractivity contribution >= 4 is 54.8 Å². The first kappa shape index (κ1) is 15.7. The zero-order valence-corrected chi connectivity index (χ0v) is 15.1. The van der Waals surface area contributed by atoms with Gasteiger partial charge in [0, 0.05) is 32.1 Å². The molecule has 0 aromatic carbocycles. The maximum Gasteiger partial charge on any atom is 0.252 e. The van der Waals surface area contributed by atoms with Crippen LogP contribution in [0.25, 0.3) is 0 Å². The van der Waals surface area contributed by atoms with E-state index in [2.05, 4.69) is 15.9 Å². The molecule has 1 aliphatic heterocycles. The number of hydrogen-bond donors (Lipinski definition) is 0. The first-order valence-corrected chi connectivity index (χ1v) is 10.1. The van der Waals surface area contributed by atoms with Gasteiger partial charge in [-0.1, -0.05) is 11.6 Å². The van der Waals surface area contributed by atoms with Gasteiger partial charge in [0.2, 0.25) is 5.91 Å². The van der Waals surface area contributed by atoms with Gasteiger partial charge in [0.15, 0.2) is 0 Å². The molecule has 116 valence electrons. The van der Waals surface area contributed by atoms with E-state index in [0.29, 0.717) is 35.0 Å². The second-order valence-corrected chi connectivity index (χ2v) is 10.1. The number of amides is 1. The van der Waals surface area contributed by atoms with Gasteiger partial charge in [-0.05, 0) is 34.8 Å². The highest BCUT2D eigenvalue weighted by atomic mass is 79.9. The molecule has 3 rings (SSSR count). The first-order valence-electron chi connectivity index (χ1n) is 6.63. The molecule has 9 heteroatoms. The van der Waals surface area contributed by atoms with E-state index in [1.165, 1.54) is 10.4 Å². The number of sulfonamides is 1. The molecule has 0 bridgehead atoms. The minimum absolute atomic E-state index is 0.175.